The van der Waals surface area contributed by atoms with Crippen molar-refractivity contribution in [1.29, 1.82) is 0 Å². The molecule has 11 nitrogen and oxygen atoms in total. The van der Waals surface area contributed by atoms with Gasteiger partial charge in [-0.3, -0.25) is 9.69 Å². The Bertz CT molecular complexity index is 1450. The zero-order valence-electron chi connectivity index (χ0n) is 23.9. The average molecular weight is 604 g/mol. The molecular formula is C28H37N5O6S2. The molecule has 0 bridgehead atoms. The number of anilines is 1. The fraction of sp³-hybridized carbons (Fsp3) is 0.464. The van der Waals surface area contributed by atoms with Crippen LogP contribution in [0.2, 0.25) is 0 Å². The maximum Gasteiger partial charge on any atom is 0.409 e. The topological polar surface area (TPSA) is 113 Å². The van der Waals surface area contributed by atoms with Gasteiger partial charge in [0.05, 0.1) is 28.8 Å². The van der Waals surface area contributed by atoms with Gasteiger partial charge in [0.15, 0.2) is 5.13 Å². The molecule has 0 spiro atoms. The molecule has 222 valence electrons. The van der Waals surface area contributed by atoms with Crippen molar-refractivity contribution >= 4 is 48.7 Å². The minimum absolute atomic E-state index is 0.0976. The van der Waals surface area contributed by atoms with Crippen LogP contribution < -0.4 is 9.64 Å². The minimum Gasteiger partial charge on any atom is -0.497 e. The van der Waals surface area contributed by atoms with Gasteiger partial charge in [-0.1, -0.05) is 25.2 Å². The van der Waals surface area contributed by atoms with Gasteiger partial charge in [-0.05, 0) is 56.4 Å². The lowest BCUT2D eigenvalue weighted by Gasteiger charge is -2.33. The highest BCUT2D eigenvalue weighted by Gasteiger charge is 2.31. The minimum atomic E-state index is -3.79. The summed E-state index contributed by atoms with van der Waals surface area (Å²) in [5.41, 5.74) is 1.11. The number of thiazole rings is 1. The summed E-state index contributed by atoms with van der Waals surface area (Å²) in [6.07, 6.45) is -0.440. The Labute approximate surface area is 245 Å². The van der Waals surface area contributed by atoms with E-state index in [1.807, 2.05) is 18.2 Å². The third kappa shape index (κ3) is 6.97. The van der Waals surface area contributed by atoms with Gasteiger partial charge in [0.25, 0.3) is 5.91 Å². The average Bonchev–Trinajstić information content (AvgIpc) is 3.42. The first-order valence-electron chi connectivity index (χ1n) is 13.7. The van der Waals surface area contributed by atoms with Gasteiger partial charge in [0.2, 0.25) is 10.0 Å². The van der Waals surface area contributed by atoms with Gasteiger partial charge < -0.3 is 19.3 Å². The summed E-state index contributed by atoms with van der Waals surface area (Å²) in [4.78, 5) is 36.0. The number of carbonyl (C=O) groups excluding carboxylic acids is 2. The molecule has 3 aromatic rings. The van der Waals surface area contributed by atoms with Gasteiger partial charge in [0.1, 0.15) is 5.75 Å². The van der Waals surface area contributed by atoms with Crippen LogP contribution in [-0.2, 0) is 14.8 Å². The van der Waals surface area contributed by atoms with Crippen LogP contribution in [0, 0.1) is 0 Å². The Morgan fingerprint density at radius 3 is 2.27 bits per heavy atom. The summed E-state index contributed by atoms with van der Waals surface area (Å²) >= 11 is 1.43. The number of hydrogen-bond donors (Lipinski definition) is 0. The Morgan fingerprint density at radius 2 is 1.66 bits per heavy atom. The van der Waals surface area contributed by atoms with E-state index >= 15 is 0 Å². The summed E-state index contributed by atoms with van der Waals surface area (Å²) in [6.45, 7) is 9.82. The number of carbonyl (C=O) groups is 2. The van der Waals surface area contributed by atoms with Gasteiger partial charge in [-0.15, -0.1) is 0 Å². The maximum atomic E-state index is 13.8. The van der Waals surface area contributed by atoms with E-state index in [0.717, 1.165) is 23.3 Å². The van der Waals surface area contributed by atoms with E-state index in [4.69, 9.17) is 14.5 Å². The summed E-state index contributed by atoms with van der Waals surface area (Å²) < 4.78 is 39.2. The third-order valence-electron chi connectivity index (χ3n) is 7.10. The second-order valence-electron chi connectivity index (χ2n) is 9.43. The monoisotopic (exact) mass is 603 g/mol. The fourth-order valence-electron chi connectivity index (χ4n) is 4.60. The molecule has 0 saturated carbocycles. The molecule has 0 unspecified atom stereocenters. The summed E-state index contributed by atoms with van der Waals surface area (Å²) in [6, 6.07) is 11.7. The molecule has 4 rings (SSSR count). The van der Waals surface area contributed by atoms with Crippen LogP contribution in [0.1, 0.15) is 31.1 Å². The van der Waals surface area contributed by atoms with Crippen LogP contribution in [0.15, 0.2) is 47.4 Å². The van der Waals surface area contributed by atoms with E-state index in [1.165, 1.54) is 32.7 Å². The lowest BCUT2D eigenvalue weighted by atomic mass is 10.2. The summed E-state index contributed by atoms with van der Waals surface area (Å²) in [7, 11) is -2.19. The van der Waals surface area contributed by atoms with Crippen molar-refractivity contribution in [3.05, 3.63) is 48.0 Å². The first-order chi connectivity index (χ1) is 19.7. The standard InChI is InChI=1S/C28H37N5O6S2/c1-5-30(6-2)14-19-33(27-29-24-20-22(38-4)10-13-25(24)40-27)26(34)21-8-11-23(12-9-21)41(36,37)32-17-15-31(16-18-32)28(35)39-7-3/h8-13,20H,5-7,14-19H2,1-4H3. The molecule has 2 heterocycles. The van der Waals surface area contributed by atoms with E-state index in [9.17, 15) is 18.0 Å². The number of sulfonamides is 1. The molecule has 2 aromatic carbocycles. The van der Waals surface area contributed by atoms with Crippen molar-refractivity contribution in [2.75, 3.05) is 71.0 Å². The molecule has 0 N–H and O–H groups in total. The van der Waals surface area contributed by atoms with Crippen LogP contribution >= 0.6 is 11.3 Å². The molecule has 41 heavy (non-hydrogen) atoms. The normalized spacial score (nSPS) is 14.4. The molecule has 1 fully saturated rings. The zero-order chi connectivity index (χ0) is 29.6. The second kappa shape index (κ2) is 13.6. The molecule has 0 aliphatic carbocycles. The number of rotatable bonds is 11. The number of nitrogens with zero attached hydrogens (tertiary/aromatic N) is 5. The highest BCUT2D eigenvalue weighted by atomic mass is 32.2. The van der Waals surface area contributed by atoms with E-state index < -0.39 is 16.1 Å². The number of amides is 2. The Balaban J connectivity index is 1.54. The van der Waals surface area contributed by atoms with E-state index in [-0.39, 0.29) is 43.6 Å². The lowest BCUT2D eigenvalue weighted by Crippen LogP contribution is -2.50. The largest absolute Gasteiger partial charge is 0.497 e. The predicted molar refractivity (Wildman–Crippen MR) is 159 cm³/mol. The van der Waals surface area contributed by atoms with E-state index in [0.29, 0.717) is 29.5 Å². The molecule has 0 atom stereocenters. The number of aromatic nitrogens is 1. The first-order valence-corrected chi connectivity index (χ1v) is 16.0. The number of methoxy groups -OCH3 is 1. The first kappa shape index (κ1) is 30.7. The molecule has 0 radical (unpaired) electrons. The van der Waals surface area contributed by atoms with Gasteiger partial charge in [-0.25, -0.2) is 18.2 Å². The quantitative estimate of drug-likeness (QED) is 0.326. The maximum absolute atomic E-state index is 13.8. The van der Waals surface area contributed by atoms with Crippen LogP contribution in [0.25, 0.3) is 10.2 Å². The van der Waals surface area contributed by atoms with E-state index in [2.05, 4.69) is 18.7 Å². The Hall–Kier alpha value is -3.26. The lowest BCUT2D eigenvalue weighted by molar-refractivity contribution is 0.0933. The molecule has 13 heteroatoms. The molecule has 1 aliphatic heterocycles. The van der Waals surface area contributed by atoms with E-state index in [1.54, 1.807) is 31.1 Å². The second-order valence-corrected chi connectivity index (χ2v) is 12.4. The van der Waals surface area contributed by atoms with Crippen molar-refractivity contribution in [1.82, 2.24) is 19.1 Å². The number of hydrogen-bond acceptors (Lipinski definition) is 9. The van der Waals surface area contributed by atoms with Gasteiger partial charge in [-0.2, -0.15) is 4.31 Å². The number of piperazine rings is 1. The highest BCUT2D eigenvalue weighted by Crippen LogP contribution is 2.32. The van der Waals surface area contributed by atoms with Crippen molar-refractivity contribution < 1.29 is 27.5 Å². The number of ether oxygens (including phenoxy) is 2. The van der Waals surface area contributed by atoms with Crippen molar-refractivity contribution in [2.24, 2.45) is 0 Å². The van der Waals surface area contributed by atoms with Crippen molar-refractivity contribution in [2.45, 2.75) is 25.7 Å². The van der Waals surface area contributed by atoms with Crippen molar-refractivity contribution in [3.63, 3.8) is 0 Å². The fourth-order valence-corrected chi connectivity index (χ4v) is 7.00. The Morgan fingerprint density at radius 1 is 0.976 bits per heavy atom. The summed E-state index contributed by atoms with van der Waals surface area (Å²) in [5, 5.41) is 0.571. The number of fused-ring (bicyclic) bond motifs is 1. The zero-order valence-corrected chi connectivity index (χ0v) is 25.5. The molecule has 2 amide bonds. The van der Waals surface area contributed by atoms with Crippen LogP contribution in [0.3, 0.4) is 0 Å². The third-order valence-corrected chi connectivity index (χ3v) is 10.1. The van der Waals surface area contributed by atoms with Gasteiger partial charge >= 0.3 is 6.09 Å². The highest BCUT2D eigenvalue weighted by molar-refractivity contribution is 7.89. The van der Waals surface area contributed by atoms with Crippen LogP contribution in [0.4, 0.5) is 9.93 Å². The summed E-state index contributed by atoms with van der Waals surface area (Å²) in [5.74, 6) is 0.435. The van der Waals surface area contributed by atoms with Crippen molar-refractivity contribution in [3.8, 4) is 5.75 Å². The Kier molecular flexibility index (Phi) is 10.2. The molecule has 1 saturated heterocycles. The predicted octanol–water partition coefficient (Wildman–Crippen LogP) is 3.76. The van der Waals surface area contributed by atoms with Crippen LogP contribution in [-0.4, -0.2) is 106 Å². The smallest absolute Gasteiger partial charge is 0.409 e. The molecular weight excluding hydrogens is 566 g/mol. The molecule has 1 aliphatic rings. The number of benzene rings is 2. The SMILES string of the molecule is CCOC(=O)N1CCN(S(=O)(=O)c2ccc(C(=O)N(CCN(CC)CC)c3nc4cc(OC)ccc4s3)cc2)CC1. The van der Waals surface area contributed by atoms with Gasteiger partial charge in [0, 0.05) is 50.9 Å². The van der Waals surface area contributed by atoms with Crippen LogP contribution in [0.5, 0.6) is 5.75 Å². The number of likely N-dealkylation sites (N-methyl/N-ethyl adjacent to an activating group) is 1. The molecule has 1 aromatic heterocycles.